The molecule has 0 bridgehead atoms. The molecule has 1 aliphatic rings. The fourth-order valence-corrected chi connectivity index (χ4v) is 7.68. The highest BCUT2D eigenvalue weighted by Crippen LogP contribution is 2.06. The Hall–Kier alpha value is 0.250. The average Bonchev–Trinajstić information content (AvgIpc) is 1.54. The summed E-state index contributed by atoms with van der Waals surface area (Å²) in [4.78, 5) is 0. The normalized spacial score (nSPS) is 39.2. The van der Waals surface area contributed by atoms with E-state index in [-0.39, 0.29) is 15.3 Å². The van der Waals surface area contributed by atoms with E-state index in [9.17, 15) is 16.8 Å². The van der Waals surface area contributed by atoms with Crippen molar-refractivity contribution in [2.75, 3.05) is 15.3 Å². The van der Waals surface area contributed by atoms with E-state index in [0.29, 0.717) is 0 Å². The van der Waals surface area contributed by atoms with Crippen molar-refractivity contribution in [3.8, 4) is 0 Å². The smallest absolute Gasteiger partial charge is 0.174 e. The third-order valence-electron chi connectivity index (χ3n) is 0.885. The summed E-state index contributed by atoms with van der Waals surface area (Å²) in [6.07, 6.45) is 0. The quantitative estimate of drug-likeness (QED) is 0.494. The minimum atomic E-state index is -3.28. The molecule has 1 fully saturated rings. The molecule has 2 unspecified atom stereocenters. The van der Waals surface area contributed by atoms with E-state index in [1.165, 1.54) is 0 Å². The Morgan fingerprint density at radius 3 is 1.70 bits per heavy atom. The molecule has 0 saturated carbocycles. The molecule has 0 spiro atoms. The zero-order chi connectivity index (χ0) is 7.78. The minimum absolute atomic E-state index is 0.0131. The van der Waals surface area contributed by atoms with Crippen LogP contribution in [0.25, 0.3) is 0 Å². The molecule has 1 heterocycles. The summed E-state index contributed by atoms with van der Waals surface area (Å²) in [5.41, 5.74) is 0. The third kappa shape index (κ3) is 2.14. The molecular formula is C3H6O4S3. The lowest BCUT2D eigenvalue weighted by Crippen LogP contribution is -2.28. The Balaban J connectivity index is 2.89. The summed E-state index contributed by atoms with van der Waals surface area (Å²) < 4.78 is 42.6. The van der Waals surface area contributed by atoms with Crippen LogP contribution in [0, 0.1) is 0 Å². The first-order valence-corrected chi connectivity index (χ1v) is 7.20. The molecule has 7 heteroatoms. The van der Waals surface area contributed by atoms with E-state index >= 15 is 0 Å². The van der Waals surface area contributed by atoms with Gasteiger partial charge in [0.1, 0.15) is 15.3 Å². The van der Waals surface area contributed by atoms with Gasteiger partial charge >= 0.3 is 0 Å². The van der Waals surface area contributed by atoms with Crippen LogP contribution in [-0.2, 0) is 31.4 Å². The lowest BCUT2D eigenvalue weighted by atomic mass is 11.8. The van der Waals surface area contributed by atoms with Crippen molar-refractivity contribution in [1.29, 1.82) is 0 Å². The number of hydrogen-bond donors (Lipinski definition) is 0. The highest BCUT2D eigenvalue weighted by atomic mass is 32.3. The molecule has 1 rings (SSSR count). The van der Waals surface area contributed by atoms with Crippen molar-refractivity contribution >= 4 is 31.4 Å². The van der Waals surface area contributed by atoms with Gasteiger partial charge in [0.25, 0.3) is 0 Å². The maximum atomic E-state index is 10.7. The van der Waals surface area contributed by atoms with Gasteiger partial charge in [-0.15, -0.1) is 0 Å². The van der Waals surface area contributed by atoms with Gasteiger partial charge in [0.15, 0.2) is 9.84 Å². The molecule has 0 aliphatic carbocycles. The Morgan fingerprint density at radius 2 is 1.40 bits per heavy atom. The second kappa shape index (κ2) is 2.71. The van der Waals surface area contributed by atoms with Crippen LogP contribution in [0.3, 0.4) is 0 Å². The molecular weight excluding hydrogens is 196 g/mol. The van der Waals surface area contributed by atoms with Crippen molar-refractivity contribution in [3.05, 3.63) is 0 Å². The van der Waals surface area contributed by atoms with E-state index in [1.807, 2.05) is 0 Å². The number of sulfone groups is 1. The predicted molar refractivity (Wildman–Crippen MR) is 39.8 cm³/mol. The first kappa shape index (κ1) is 8.35. The van der Waals surface area contributed by atoms with E-state index in [2.05, 4.69) is 0 Å². The van der Waals surface area contributed by atoms with Gasteiger partial charge in [0.2, 0.25) is 0 Å². The van der Waals surface area contributed by atoms with Crippen LogP contribution < -0.4 is 0 Å². The molecule has 2 atom stereocenters. The summed E-state index contributed by atoms with van der Waals surface area (Å²) in [7, 11) is -6.14. The van der Waals surface area contributed by atoms with Crippen molar-refractivity contribution < 1.29 is 16.8 Å². The molecule has 0 radical (unpaired) electrons. The van der Waals surface area contributed by atoms with Crippen LogP contribution in [0.15, 0.2) is 0 Å². The predicted octanol–water partition coefficient (Wildman–Crippen LogP) is -1.22. The molecule has 0 aromatic rings. The monoisotopic (exact) mass is 202 g/mol. The van der Waals surface area contributed by atoms with Gasteiger partial charge in [-0.05, 0) is 0 Å². The topological polar surface area (TPSA) is 68.3 Å². The Bertz CT molecular complexity index is 254. The van der Waals surface area contributed by atoms with E-state index < -0.39 is 31.4 Å². The molecule has 1 saturated heterocycles. The van der Waals surface area contributed by atoms with Crippen molar-refractivity contribution in [1.82, 2.24) is 0 Å². The Morgan fingerprint density at radius 1 is 1.00 bits per heavy atom. The molecule has 10 heavy (non-hydrogen) atoms. The molecule has 0 aromatic carbocycles. The van der Waals surface area contributed by atoms with Crippen LogP contribution in [0.2, 0.25) is 0 Å². The van der Waals surface area contributed by atoms with Crippen molar-refractivity contribution in [3.63, 3.8) is 0 Å². The molecule has 60 valence electrons. The average molecular weight is 202 g/mol. The van der Waals surface area contributed by atoms with Gasteiger partial charge in [-0.2, -0.15) is 0 Å². The maximum absolute atomic E-state index is 10.7. The molecule has 4 nitrogen and oxygen atoms in total. The largest absolute Gasteiger partial charge is 0.258 e. The van der Waals surface area contributed by atoms with Gasteiger partial charge in [-0.25, -0.2) is 8.42 Å². The Labute approximate surface area is 63.8 Å². The zero-order valence-electron chi connectivity index (χ0n) is 4.98. The van der Waals surface area contributed by atoms with Crippen molar-refractivity contribution in [2.45, 2.75) is 0 Å². The highest BCUT2D eigenvalue weighted by molar-refractivity contribution is 8.20. The Kier molecular flexibility index (Phi) is 2.26. The van der Waals surface area contributed by atoms with Gasteiger partial charge in [-0.3, -0.25) is 8.42 Å². The first-order chi connectivity index (χ1) is 4.49. The van der Waals surface area contributed by atoms with Crippen LogP contribution in [0.5, 0.6) is 0 Å². The fraction of sp³-hybridized carbons (Fsp3) is 1.00. The van der Waals surface area contributed by atoms with E-state index in [1.54, 1.807) is 0 Å². The fourth-order valence-electron chi connectivity index (χ4n) is 0.649. The van der Waals surface area contributed by atoms with Crippen LogP contribution in [0.1, 0.15) is 0 Å². The second-order valence-corrected chi connectivity index (χ2v) is 8.05. The lowest BCUT2D eigenvalue weighted by Gasteiger charge is -2.09. The zero-order valence-corrected chi connectivity index (χ0v) is 7.43. The summed E-state index contributed by atoms with van der Waals surface area (Å²) in [6, 6.07) is 0. The standard InChI is InChI=1S/C3H6O4S3/c4-8-1-9(5)3-10(6,7)2-8/h1-3H2. The third-order valence-corrected chi connectivity index (χ3v) is 7.96. The second-order valence-electron chi connectivity index (χ2n) is 1.98. The van der Waals surface area contributed by atoms with E-state index in [0.717, 1.165) is 0 Å². The first-order valence-electron chi connectivity index (χ1n) is 2.40. The molecule has 0 amide bonds. The summed E-state index contributed by atoms with van der Waals surface area (Å²) in [6.45, 7) is 0. The lowest BCUT2D eigenvalue weighted by molar-refractivity contribution is 0.603. The van der Waals surface area contributed by atoms with Crippen LogP contribution in [-0.4, -0.2) is 32.1 Å². The molecule has 0 aromatic heterocycles. The molecule has 0 N–H and O–H groups in total. The summed E-state index contributed by atoms with van der Waals surface area (Å²) >= 11 is 0. The minimum Gasteiger partial charge on any atom is -0.258 e. The van der Waals surface area contributed by atoms with Crippen LogP contribution >= 0.6 is 0 Å². The molecule has 1 aliphatic heterocycles. The van der Waals surface area contributed by atoms with E-state index in [4.69, 9.17) is 0 Å². The summed E-state index contributed by atoms with van der Waals surface area (Å²) in [5.74, 6) is 0. The summed E-state index contributed by atoms with van der Waals surface area (Å²) in [5, 5.41) is -0.628. The highest BCUT2D eigenvalue weighted by Gasteiger charge is 2.26. The SMILES string of the molecule is O=S1CS(=O)CS(=O)(=O)C1. The maximum Gasteiger partial charge on any atom is 0.174 e. The van der Waals surface area contributed by atoms with Crippen molar-refractivity contribution in [2.24, 2.45) is 0 Å². The van der Waals surface area contributed by atoms with Gasteiger partial charge in [-0.1, -0.05) is 0 Å². The van der Waals surface area contributed by atoms with Gasteiger partial charge < -0.3 is 0 Å². The van der Waals surface area contributed by atoms with Gasteiger partial charge in [0, 0.05) is 21.6 Å². The van der Waals surface area contributed by atoms with Crippen LogP contribution in [0.4, 0.5) is 0 Å². The van der Waals surface area contributed by atoms with Gasteiger partial charge in [0.05, 0.1) is 0 Å². The number of rotatable bonds is 0. The number of hydrogen-bond acceptors (Lipinski definition) is 4.